The Morgan fingerprint density at radius 1 is 1.35 bits per heavy atom. The van der Waals surface area contributed by atoms with E-state index in [0.717, 1.165) is 0 Å². The average Bonchev–Trinajstić information content (AvgIpc) is 2.96. The lowest BCUT2D eigenvalue weighted by molar-refractivity contribution is 0.0818. The fourth-order valence-electron chi connectivity index (χ4n) is 2.28. The van der Waals surface area contributed by atoms with Crippen LogP contribution in [0.25, 0.3) is 0 Å². The van der Waals surface area contributed by atoms with Gasteiger partial charge in [-0.15, -0.1) is 0 Å². The molecule has 1 aromatic heterocycles. The van der Waals surface area contributed by atoms with Gasteiger partial charge in [-0.1, -0.05) is 0 Å². The molecule has 1 aliphatic rings. The van der Waals surface area contributed by atoms with E-state index in [1.807, 2.05) is 0 Å². The summed E-state index contributed by atoms with van der Waals surface area (Å²) in [6, 6.07) is 3.31. The van der Waals surface area contributed by atoms with Crippen molar-refractivity contribution in [3.8, 4) is 5.88 Å². The number of carbonyl (C=O) groups is 1. The van der Waals surface area contributed by atoms with Crippen molar-refractivity contribution < 1.29 is 17.9 Å². The van der Waals surface area contributed by atoms with Crippen LogP contribution in [0, 0.1) is 0 Å². The molecule has 0 saturated carbocycles. The highest BCUT2D eigenvalue weighted by molar-refractivity contribution is 7.86. The first kappa shape index (κ1) is 17.6. The highest BCUT2D eigenvalue weighted by atomic mass is 32.2. The smallest absolute Gasteiger partial charge is 0.281 e. The SMILES string of the molecule is CN(C)C(=O)c1cccnc1OC1CCN(S(=O)(=O)N(C)C)C1. The van der Waals surface area contributed by atoms with Crippen molar-refractivity contribution in [2.75, 3.05) is 41.3 Å². The molecule has 2 heterocycles. The lowest BCUT2D eigenvalue weighted by Gasteiger charge is -2.21. The highest BCUT2D eigenvalue weighted by Gasteiger charge is 2.34. The maximum atomic E-state index is 12.1. The minimum absolute atomic E-state index is 0.205. The van der Waals surface area contributed by atoms with E-state index in [1.165, 1.54) is 27.6 Å². The molecule has 1 atom stereocenters. The molecule has 2 rings (SSSR count). The van der Waals surface area contributed by atoms with Crippen molar-refractivity contribution in [3.05, 3.63) is 23.9 Å². The highest BCUT2D eigenvalue weighted by Crippen LogP contribution is 2.23. The van der Waals surface area contributed by atoms with E-state index in [1.54, 1.807) is 32.4 Å². The zero-order valence-corrected chi connectivity index (χ0v) is 14.6. The molecule has 1 aliphatic heterocycles. The molecule has 1 fully saturated rings. The van der Waals surface area contributed by atoms with Crippen LogP contribution in [0.2, 0.25) is 0 Å². The Morgan fingerprint density at radius 3 is 2.65 bits per heavy atom. The molecule has 128 valence electrons. The predicted molar refractivity (Wildman–Crippen MR) is 85.5 cm³/mol. The molecule has 0 spiro atoms. The number of rotatable bonds is 5. The molecule has 0 aromatic carbocycles. The second-order valence-electron chi connectivity index (χ2n) is 5.73. The topological polar surface area (TPSA) is 83.0 Å². The van der Waals surface area contributed by atoms with E-state index in [-0.39, 0.29) is 24.4 Å². The Bertz CT molecular complexity index is 675. The molecule has 8 nitrogen and oxygen atoms in total. The summed E-state index contributed by atoms with van der Waals surface area (Å²) in [4.78, 5) is 17.7. The third-order valence-corrected chi connectivity index (χ3v) is 5.49. The second-order valence-corrected chi connectivity index (χ2v) is 7.87. The first-order valence-corrected chi connectivity index (χ1v) is 8.64. The van der Waals surface area contributed by atoms with Crippen molar-refractivity contribution in [2.45, 2.75) is 12.5 Å². The first-order chi connectivity index (χ1) is 10.7. The van der Waals surface area contributed by atoms with E-state index in [9.17, 15) is 13.2 Å². The monoisotopic (exact) mass is 342 g/mol. The Kier molecular flexibility index (Phi) is 5.23. The number of amides is 1. The van der Waals surface area contributed by atoms with Gasteiger partial charge >= 0.3 is 0 Å². The van der Waals surface area contributed by atoms with Crippen LogP contribution >= 0.6 is 0 Å². The number of hydrogen-bond donors (Lipinski definition) is 0. The molecule has 9 heteroatoms. The predicted octanol–water partition coefficient (Wildman–Crippen LogP) is 0.0429. The van der Waals surface area contributed by atoms with Crippen molar-refractivity contribution in [1.29, 1.82) is 0 Å². The summed E-state index contributed by atoms with van der Waals surface area (Å²) in [5.74, 6) is 0.0316. The van der Waals surface area contributed by atoms with Gasteiger partial charge in [0, 0.05) is 40.9 Å². The summed E-state index contributed by atoms with van der Waals surface area (Å²) in [6.45, 7) is 0.627. The normalized spacial score (nSPS) is 19.1. The third kappa shape index (κ3) is 3.80. The maximum absolute atomic E-state index is 12.1. The summed E-state index contributed by atoms with van der Waals surface area (Å²) in [7, 11) is 2.85. The van der Waals surface area contributed by atoms with E-state index in [2.05, 4.69) is 4.98 Å². The summed E-state index contributed by atoms with van der Waals surface area (Å²) in [5.41, 5.74) is 0.367. The van der Waals surface area contributed by atoms with Crippen molar-refractivity contribution in [1.82, 2.24) is 18.5 Å². The van der Waals surface area contributed by atoms with Crippen molar-refractivity contribution in [2.24, 2.45) is 0 Å². The van der Waals surface area contributed by atoms with Gasteiger partial charge in [-0.05, 0) is 18.6 Å². The van der Waals surface area contributed by atoms with Crippen LogP contribution in [0.1, 0.15) is 16.8 Å². The van der Waals surface area contributed by atoms with Gasteiger partial charge < -0.3 is 9.64 Å². The minimum Gasteiger partial charge on any atom is -0.472 e. The minimum atomic E-state index is -3.45. The van der Waals surface area contributed by atoms with Crippen LogP contribution in [0.15, 0.2) is 18.3 Å². The van der Waals surface area contributed by atoms with E-state index < -0.39 is 10.2 Å². The van der Waals surface area contributed by atoms with Gasteiger partial charge in [0.15, 0.2) is 0 Å². The molecule has 0 bridgehead atoms. The molecular formula is C14H22N4O4S. The number of carbonyl (C=O) groups excluding carboxylic acids is 1. The van der Waals surface area contributed by atoms with Gasteiger partial charge in [-0.2, -0.15) is 17.0 Å². The molecular weight excluding hydrogens is 320 g/mol. The van der Waals surface area contributed by atoms with Crippen molar-refractivity contribution >= 4 is 16.1 Å². The molecule has 0 N–H and O–H groups in total. The fourth-order valence-corrected chi connectivity index (χ4v) is 3.43. The first-order valence-electron chi connectivity index (χ1n) is 7.24. The van der Waals surface area contributed by atoms with E-state index in [4.69, 9.17) is 4.74 Å². The van der Waals surface area contributed by atoms with Crippen LogP contribution in [0.5, 0.6) is 5.88 Å². The number of pyridine rings is 1. The fraction of sp³-hybridized carbons (Fsp3) is 0.571. The van der Waals surface area contributed by atoms with Gasteiger partial charge in [0.25, 0.3) is 16.1 Å². The number of aromatic nitrogens is 1. The van der Waals surface area contributed by atoms with Gasteiger partial charge in [-0.25, -0.2) is 4.98 Å². The third-order valence-electron chi connectivity index (χ3n) is 3.58. The summed E-state index contributed by atoms with van der Waals surface area (Å²) in [5, 5.41) is 0. The lowest BCUT2D eigenvalue weighted by atomic mass is 10.2. The molecule has 1 saturated heterocycles. The van der Waals surface area contributed by atoms with Gasteiger partial charge in [-0.3, -0.25) is 4.79 Å². The summed E-state index contributed by atoms with van der Waals surface area (Å²) >= 11 is 0. The zero-order valence-electron chi connectivity index (χ0n) is 13.8. The van der Waals surface area contributed by atoms with Crippen LogP contribution in [-0.2, 0) is 10.2 Å². The quantitative estimate of drug-likeness (QED) is 0.755. The number of hydrogen-bond acceptors (Lipinski definition) is 5. The average molecular weight is 342 g/mol. The molecule has 0 aliphatic carbocycles. The van der Waals surface area contributed by atoms with Gasteiger partial charge in [0.1, 0.15) is 11.7 Å². The summed E-state index contributed by atoms with van der Waals surface area (Å²) in [6.07, 6.45) is 1.78. The van der Waals surface area contributed by atoms with Crippen LogP contribution in [0.4, 0.5) is 0 Å². The Labute approximate surface area is 136 Å². The standard InChI is InChI=1S/C14H22N4O4S/c1-16(2)14(19)12-6-5-8-15-13(12)22-11-7-9-18(10-11)23(20,21)17(3)4/h5-6,8,11H,7,9-10H2,1-4H3. The van der Waals surface area contributed by atoms with E-state index in [0.29, 0.717) is 18.5 Å². The van der Waals surface area contributed by atoms with Crippen LogP contribution in [0.3, 0.4) is 0 Å². The Balaban J connectivity index is 2.12. The van der Waals surface area contributed by atoms with Crippen LogP contribution < -0.4 is 4.74 Å². The van der Waals surface area contributed by atoms with E-state index >= 15 is 0 Å². The molecule has 1 unspecified atom stereocenters. The lowest BCUT2D eigenvalue weighted by Crippen LogP contribution is -2.39. The maximum Gasteiger partial charge on any atom is 0.281 e. The molecule has 1 aromatic rings. The molecule has 0 radical (unpaired) electrons. The van der Waals surface area contributed by atoms with Crippen molar-refractivity contribution in [3.63, 3.8) is 0 Å². The number of nitrogens with zero attached hydrogens (tertiary/aromatic N) is 4. The number of ether oxygens (including phenoxy) is 1. The van der Waals surface area contributed by atoms with Gasteiger partial charge in [0.05, 0.1) is 6.54 Å². The Morgan fingerprint density at radius 2 is 2.04 bits per heavy atom. The Hall–Kier alpha value is -1.71. The zero-order chi connectivity index (χ0) is 17.2. The van der Waals surface area contributed by atoms with Crippen LogP contribution in [-0.4, -0.2) is 80.2 Å². The second kappa shape index (κ2) is 6.81. The largest absolute Gasteiger partial charge is 0.472 e. The summed E-state index contributed by atoms with van der Waals surface area (Å²) < 4.78 is 32.6. The molecule has 1 amide bonds. The van der Waals surface area contributed by atoms with Gasteiger partial charge in [0.2, 0.25) is 5.88 Å². The molecule has 23 heavy (non-hydrogen) atoms.